The number of hydrogen-bond donors (Lipinski definition) is 3. The van der Waals surface area contributed by atoms with Gasteiger partial charge in [-0.2, -0.15) is 10.1 Å². The molecule has 4 N–H and O–H groups in total. The van der Waals surface area contributed by atoms with E-state index in [0.29, 0.717) is 35.3 Å². The van der Waals surface area contributed by atoms with Gasteiger partial charge in [0.15, 0.2) is 11.6 Å². The minimum Gasteiger partial charge on any atom is -0.455 e. The second-order valence-electron chi connectivity index (χ2n) is 7.19. The van der Waals surface area contributed by atoms with Crippen LogP contribution in [0.25, 0.3) is 22.6 Å². The first kappa shape index (κ1) is 20.8. The van der Waals surface area contributed by atoms with Crippen molar-refractivity contribution in [3.63, 3.8) is 0 Å². The van der Waals surface area contributed by atoms with Crippen molar-refractivity contribution < 1.29 is 13.8 Å². The van der Waals surface area contributed by atoms with E-state index in [1.54, 1.807) is 30.3 Å². The number of furan rings is 1. The molecule has 34 heavy (non-hydrogen) atoms. The first-order valence-electron chi connectivity index (χ1n) is 10.2. The van der Waals surface area contributed by atoms with Crippen LogP contribution in [0.3, 0.4) is 0 Å². The van der Waals surface area contributed by atoms with Crippen LogP contribution in [0.5, 0.6) is 0 Å². The van der Waals surface area contributed by atoms with E-state index in [2.05, 4.69) is 36.1 Å². The molecule has 0 saturated heterocycles. The molecule has 2 aromatic carbocycles. The van der Waals surface area contributed by atoms with Crippen LogP contribution in [0, 0.1) is 0 Å². The van der Waals surface area contributed by atoms with Crippen LogP contribution in [-0.2, 0) is 6.54 Å². The number of carbonyl (C=O) groups is 1. The normalized spacial score (nSPS) is 11.2. The lowest BCUT2D eigenvalue weighted by atomic mass is 10.1. The average Bonchev–Trinajstić information content (AvgIpc) is 3.52. The Kier molecular flexibility index (Phi) is 5.64. The van der Waals surface area contributed by atoms with Gasteiger partial charge in [0.1, 0.15) is 11.5 Å². The van der Waals surface area contributed by atoms with Gasteiger partial charge in [-0.05, 0) is 40.1 Å². The Morgan fingerprint density at radius 1 is 0.971 bits per heavy atom. The maximum Gasteiger partial charge on any atom is 0.248 e. The van der Waals surface area contributed by atoms with Gasteiger partial charge in [-0.15, -0.1) is 0 Å². The number of anilines is 2. The molecule has 168 valence electrons. The molecule has 11 nitrogen and oxygen atoms in total. The molecule has 0 unspecified atom stereocenters. The van der Waals surface area contributed by atoms with Crippen LogP contribution in [0.15, 0.2) is 80.9 Å². The number of amides is 1. The van der Waals surface area contributed by atoms with E-state index in [-0.39, 0.29) is 11.3 Å². The molecule has 0 atom stereocenters. The first-order valence-corrected chi connectivity index (χ1v) is 10.2. The van der Waals surface area contributed by atoms with Crippen molar-refractivity contribution in [2.75, 3.05) is 10.7 Å². The smallest absolute Gasteiger partial charge is 0.248 e. The summed E-state index contributed by atoms with van der Waals surface area (Å²) in [5.41, 5.74) is 10.9. The summed E-state index contributed by atoms with van der Waals surface area (Å²) in [6.07, 6.45) is 1.50. The zero-order chi connectivity index (χ0) is 23.3. The van der Waals surface area contributed by atoms with Crippen molar-refractivity contribution in [2.45, 2.75) is 6.54 Å². The SMILES string of the molecule is NC(=O)c1cccc(-c2ccc(C=NNc3nc4nonc4nc3NCc3ccccc3)o2)c1. The molecule has 0 spiro atoms. The summed E-state index contributed by atoms with van der Waals surface area (Å²) in [5.74, 6) is 1.34. The number of rotatable bonds is 8. The third-order valence-corrected chi connectivity index (χ3v) is 4.84. The fourth-order valence-electron chi connectivity index (χ4n) is 3.18. The number of benzene rings is 2. The topological polar surface area (TPSA) is 157 Å². The summed E-state index contributed by atoms with van der Waals surface area (Å²) in [6, 6.07) is 20.3. The molecular weight excluding hydrogens is 436 g/mol. The van der Waals surface area contributed by atoms with E-state index in [0.717, 1.165) is 11.1 Å². The molecule has 0 fully saturated rings. The highest BCUT2D eigenvalue weighted by molar-refractivity contribution is 5.94. The lowest BCUT2D eigenvalue weighted by molar-refractivity contribution is 0.100. The molecule has 11 heteroatoms. The van der Waals surface area contributed by atoms with E-state index in [1.165, 1.54) is 6.21 Å². The second-order valence-corrected chi connectivity index (χ2v) is 7.19. The van der Waals surface area contributed by atoms with Gasteiger partial charge in [0.05, 0.1) is 6.21 Å². The summed E-state index contributed by atoms with van der Waals surface area (Å²) >= 11 is 0. The largest absolute Gasteiger partial charge is 0.455 e. The number of hydrogen-bond acceptors (Lipinski definition) is 10. The number of carbonyl (C=O) groups excluding carboxylic acids is 1. The minimum atomic E-state index is -0.503. The van der Waals surface area contributed by atoms with Crippen LogP contribution in [0.2, 0.25) is 0 Å². The predicted molar refractivity (Wildman–Crippen MR) is 125 cm³/mol. The third kappa shape index (κ3) is 4.58. The average molecular weight is 454 g/mol. The summed E-state index contributed by atoms with van der Waals surface area (Å²) in [6.45, 7) is 0.524. The quantitative estimate of drug-likeness (QED) is 0.236. The molecule has 0 radical (unpaired) electrons. The Balaban J connectivity index is 1.33. The number of hydrazone groups is 1. The molecule has 1 amide bonds. The highest BCUT2D eigenvalue weighted by Crippen LogP contribution is 2.23. The van der Waals surface area contributed by atoms with Crippen LogP contribution < -0.4 is 16.5 Å². The van der Waals surface area contributed by atoms with E-state index >= 15 is 0 Å². The Morgan fingerprint density at radius 3 is 2.56 bits per heavy atom. The zero-order valence-electron chi connectivity index (χ0n) is 17.7. The van der Waals surface area contributed by atoms with Gasteiger partial charge >= 0.3 is 0 Å². The van der Waals surface area contributed by atoms with E-state index in [1.807, 2.05) is 36.4 Å². The van der Waals surface area contributed by atoms with Gasteiger partial charge in [0.25, 0.3) is 0 Å². The van der Waals surface area contributed by atoms with Gasteiger partial charge < -0.3 is 15.5 Å². The summed E-state index contributed by atoms with van der Waals surface area (Å²) in [7, 11) is 0. The fraction of sp³-hybridized carbons (Fsp3) is 0.0435. The van der Waals surface area contributed by atoms with Gasteiger partial charge in [0, 0.05) is 17.7 Å². The van der Waals surface area contributed by atoms with Gasteiger partial charge in [0.2, 0.25) is 17.2 Å². The Labute approximate surface area is 192 Å². The maximum atomic E-state index is 11.4. The Hall–Kier alpha value is -5.06. The van der Waals surface area contributed by atoms with Gasteiger partial charge in [-0.1, -0.05) is 42.5 Å². The minimum absolute atomic E-state index is 0.248. The zero-order valence-corrected chi connectivity index (χ0v) is 17.7. The van der Waals surface area contributed by atoms with E-state index in [4.69, 9.17) is 14.8 Å². The third-order valence-electron chi connectivity index (χ3n) is 4.84. The predicted octanol–water partition coefficient (Wildman–Crippen LogP) is 3.43. The number of aromatic nitrogens is 4. The Morgan fingerprint density at radius 2 is 1.76 bits per heavy atom. The highest BCUT2D eigenvalue weighted by Gasteiger charge is 2.12. The molecule has 0 saturated carbocycles. The number of primary amides is 1. The summed E-state index contributed by atoms with van der Waals surface area (Å²) in [4.78, 5) is 20.2. The van der Waals surface area contributed by atoms with Crippen molar-refractivity contribution >= 4 is 35.1 Å². The van der Waals surface area contributed by atoms with Gasteiger partial charge in [-0.3, -0.25) is 10.2 Å². The van der Waals surface area contributed by atoms with E-state index < -0.39 is 5.91 Å². The van der Waals surface area contributed by atoms with E-state index in [9.17, 15) is 4.79 Å². The number of fused-ring (bicyclic) bond motifs is 1. The molecule has 0 aliphatic rings. The fourth-order valence-corrected chi connectivity index (χ4v) is 3.18. The first-order chi connectivity index (χ1) is 16.7. The van der Waals surface area contributed by atoms with Crippen molar-refractivity contribution in [3.8, 4) is 11.3 Å². The molecule has 0 bridgehead atoms. The van der Waals surface area contributed by atoms with Crippen molar-refractivity contribution in [1.29, 1.82) is 0 Å². The number of nitrogens with two attached hydrogens (primary N) is 1. The van der Waals surface area contributed by atoms with Crippen molar-refractivity contribution in [3.05, 3.63) is 83.6 Å². The summed E-state index contributed by atoms with van der Waals surface area (Å²) < 4.78 is 10.5. The van der Waals surface area contributed by atoms with Crippen LogP contribution in [0.1, 0.15) is 21.7 Å². The molecular formula is C23H18N8O3. The van der Waals surface area contributed by atoms with Crippen LogP contribution in [0.4, 0.5) is 11.6 Å². The van der Waals surface area contributed by atoms with Gasteiger partial charge in [-0.25, -0.2) is 9.61 Å². The monoisotopic (exact) mass is 454 g/mol. The summed E-state index contributed by atoms with van der Waals surface area (Å²) in [5, 5.41) is 14.9. The molecule has 0 aliphatic heterocycles. The molecule has 0 aliphatic carbocycles. The molecule has 5 aromatic rings. The molecule has 3 heterocycles. The second kappa shape index (κ2) is 9.20. The van der Waals surface area contributed by atoms with Crippen LogP contribution >= 0.6 is 0 Å². The lowest BCUT2D eigenvalue weighted by Gasteiger charge is -2.09. The maximum absolute atomic E-state index is 11.4. The number of nitrogens with one attached hydrogen (secondary N) is 2. The van der Waals surface area contributed by atoms with Crippen LogP contribution in [-0.4, -0.2) is 32.4 Å². The number of nitrogens with zero attached hydrogens (tertiary/aromatic N) is 5. The lowest BCUT2D eigenvalue weighted by Crippen LogP contribution is -2.10. The Bertz CT molecular complexity index is 1480. The highest BCUT2D eigenvalue weighted by atomic mass is 16.6. The molecule has 5 rings (SSSR count). The van der Waals surface area contributed by atoms with Crippen molar-refractivity contribution in [1.82, 2.24) is 20.3 Å². The van der Waals surface area contributed by atoms with Crippen molar-refractivity contribution in [2.24, 2.45) is 10.8 Å². The standard InChI is InChI=1S/C23H18N8O3/c24-19(32)16-8-4-7-15(11-16)18-10-9-17(33-18)13-26-29-21-20(25-12-14-5-2-1-3-6-14)27-22-23(28-21)31-34-30-22/h1-11,13H,12H2,(H2,24,32)(H,25,27,30)(H,28,29,31). The molecule has 3 aromatic heterocycles.